The van der Waals surface area contributed by atoms with Crippen molar-refractivity contribution in [3.05, 3.63) is 40.5 Å². The van der Waals surface area contributed by atoms with Gasteiger partial charge < -0.3 is 0 Å². The molecule has 0 aliphatic heterocycles. The number of aryl methyl sites for hydroxylation is 1. The molecule has 0 atom stereocenters. The Morgan fingerprint density at radius 2 is 2.17 bits per heavy atom. The minimum atomic E-state index is 0.992. The molecule has 1 heteroatoms. The van der Waals surface area contributed by atoms with Crippen LogP contribution in [0.15, 0.2) is 23.7 Å². The third kappa shape index (κ3) is 1.12. The van der Waals surface area contributed by atoms with E-state index in [1.165, 1.54) is 5.56 Å². The third-order valence-electron chi connectivity index (χ3n) is 1.93. The molecule has 1 heterocycles. The summed E-state index contributed by atoms with van der Waals surface area (Å²) in [7, 11) is 0. The van der Waals surface area contributed by atoms with Crippen molar-refractivity contribution in [2.45, 2.75) is 13.3 Å². The summed E-state index contributed by atoms with van der Waals surface area (Å²) in [6, 6.07) is 2.15. The van der Waals surface area contributed by atoms with Crippen molar-refractivity contribution in [3.63, 3.8) is 0 Å². The van der Waals surface area contributed by atoms with Crippen LogP contribution in [0, 0.1) is 0 Å². The predicted molar refractivity (Wildman–Crippen MR) is 49.6 cm³/mol. The molecule has 0 amide bonds. The highest BCUT2D eigenvalue weighted by molar-refractivity contribution is 5.65. The molecule has 0 unspecified atom stereocenters. The molecule has 1 nitrogen and oxygen atoms in total. The van der Waals surface area contributed by atoms with E-state index in [0.717, 1.165) is 17.7 Å². The van der Waals surface area contributed by atoms with Crippen molar-refractivity contribution < 1.29 is 0 Å². The van der Waals surface area contributed by atoms with Gasteiger partial charge >= 0.3 is 0 Å². The van der Waals surface area contributed by atoms with Crippen molar-refractivity contribution in [1.82, 2.24) is 4.98 Å². The first-order valence-corrected chi connectivity index (χ1v) is 4.06. The van der Waals surface area contributed by atoms with Crippen LogP contribution in [0.1, 0.15) is 23.7 Å². The molecule has 1 aromatic rings. The number of aromatic nitrogens is 1. The maximum Gasteiger partial charge on any atom is 0.0792 e. The smallest absolute Gasteiger partial charge is 0.0792 e. The van der Waals surface area contributed by atoms with E-state index in [9.17, 15) is 0 Å². The maximum absolute atomic E-state index is 4.30. The number of hydrogen-bond acceptors (Lipinski definition) is 1. The summed E-state index contributed by atoms with van der Waals surface area (Å²) in [5.41, 5.74) is 9.21. The Balaban J connectivity index is 2.57. The fourth-order valence-electron chi connectivity index (χ4n) is 1.20. The van der Waals surface area contributed by atoms with Gasteiger partial charge in [0.05, 0.1) is 5.69 Å². The lowest BCUT2D eigenvalue weighted by atomic mass is 10.1. The van der Waals surface area contributed by atoms with Crippen molar-refractivity contribution in [3.8, 4) is 0 Å². The lowest BCUT2D eigenvalue weighted by molar-refractivity contribution is 1.09. The van der Waals surface area contributed by atoms with E-state index in [1.807, 2.05) is 18.3 Å². The highest BCUT2D eigenvalue weighted by Crippen LogP contribution is 2.14. The SMILES string of the molecule is CCc1cnc2c(c1)C=C=C=C2. The van der Waals surface area contributed by atoms with Crippen LogP contribution in [-0.4, -0.2) is 4.98 Å². The molecular weight excluding hydrogens is 146 g/mol. The molecule has 0 aromatic carbocycles. The van der Waals surface area contributed by atoms with E-state index in [1.54, 1.807) is 0 Å². The number of fused-ring (bicyclic) bond motifs is 1. The molecule has 0 N–H and O–H groups in total. The van der Waals surface area contributed by atoms with E-state index in [4.69, 9.17) is 0 Å². The first kappa shape index (κ1) is 7.12. The van der Waals surface area contributed by atoms with Gasteiger partial charge in [0.1, 0.15) is 0 Å². The summed E-state index contributed by atoms with van der Waals surface area (Å²) >= 11 is 0. The lowest BCUT2D eigenvalue weighted by Gasteiger charge is -2.02. The molecule has 0 spiro atoms. The first-order chi connectivity index (χ1) is 5.90. The van der Waals surface area contributed by atoms with Crippen molar-refractivity contribution in [2.75, 3.05) is 0 Å². The van der Waals surface area contributed by atoms with E-state index < -0.39 is 0 Å². The topological polar surface area (TPSA) is 12.9 Å². The lowest BCUT2D eigenvalue weighted by Crippen LogP contribution is -1.91. The molecule has 0 radical (unpaired) electrons. The Kier molecular flexibility index (Phi) is 1.68. The molecule has 0 saturated carbocycles. The van der Waals surface area contributed by atoms with Gasteiger partial charge in [0, 0.05) is 17.8 Å². The van der Waals surface area contributed by atoms with Crippen LogP contribution < -0.4 is 0 Å². The average Bonchev–Trinajstić information content (AvgIpc) is 2.17. The minimum Gasteiger partial charge on any atom is -0.255 e. The molecule has 1 aromatic heterocycles. The Morgan fingerprint density at radius 3 is 3.00 bits per heavy atom. The van der Waals surface area contributed by atoms with Crippen molar-refractivity contribution in [2.24, 2.45) is 0 Å². The summed E-state index contributed by atoms with van der Waals surface area (Å²) in [6.45, 7) is 2.13. The standard InChI is InChI=1S/C11H9N/c1-2-9-7-10-5-3-4-6-11(10)12-8-9/h5-8H,2H2,1H3. The first-order valence-electron chi connectivity index (χ1n) is 4.06. The van der Waals surface area contributed by atoms with Gasteiger partial charge in [0.15, 0.2) is 0 Å². The zero-order valence-electron chi connectivity index (χ0n) is 6.96. The quantitative estimate of drug-likeness (QED) is 0.576. The zero-order chi connectivity index (χ0) is 8.39. The van der Waals surface area contributed by atoms with Crippen molar-refractivity contribution >= 4 is 12.2 Å². The molecule has 58 valence electrons. The van der Waals surface area contributed by atoms with Gasteiger partial charge in [-0.15, -0.1) is 0 Å². The van der Waals surface area contributed by atoms with Gasteiger partial charge in [-0.25, -0.2) is 0 Å². The minimum absolute atomic E-state index is 0.992. The second-order valence-corrected chi connectivity index (χ2v) is 2.75. The highest BCUT2D eigenvalue weighted by atomic mass is 14.7. The molecule has 0 fully saturated rings. The van der Waals surface area contributed by atoms with Gasteiger partial charge in [-0.2, -0.15) is 0 Å². The van der Waals surface area contributed by atoms with E-state index in [2.05, 4.69) is 29.4 Å². The maximum atomic E-state index is 4.30. The zero-order valence-corrected chi connectivity index (χ0v) is 6.96. The Morgan fingerprint density at radius 1 is 1.33 bits per heavy atom. The van der Waals surface area contributed by atoms with Crippen LogP contribution in [0.4, 0.5) is 0 Å². The van der Waals surface area contributed by atoms with Crippen LogP contribution >= 0.6 is 0 Å². The predicted octanol–water partition coefficient (Wildman–Crippen LogP) is 2.44. The van der Waals surface area contributed by atoms with Gasteiger partial charge in [-0.05, 0) is 24.1 Å². The molecule has 12 heavy (non-hydrogen) atoms. The second-order valence-electron chi connectivity index (χ2n) is 2.75. The van der Waals surface area contributed by atoms with Gasteiger partial charge in [-0.3, -0.25) is 4.98 Å². The van der Waals surface area contributed by atoms with Crippen LogP contribution in [-0.2, 0) is 6.42 Å². The number of pyridine rings is 1. The van der Waals surface area contributed by atoms with Gasteiger partial charge in [0.2, 0.25) is 0 Å². The third-order valence-corrected chi connectivity index (χ3v) is 1.93. The second kappa shape index (κ2) is 2.83. The van der Waals surface area contributed by atoms with Crippen LogP contribution in [0.2, 0.25) is 0 Å². The Bertz CT molecular complexity index is 403. The normalized spacial score (nSPS) is 11.8. The van der Waals surface area contributed by atoms with Crippen LogP contribution in [0.3, 0.4) is 0 Å². The Labute approximate surface area is 71.8 Å². The summed E-state index contributed by atoms with van der Waals surface area (Å²) in [5.74, 6) is 0. The van der Waals surface area contributed by atoms with Crippen LogP contribution in [0.5, 0.6) is 0 Å². The number of nitrogens with zero attached hydrogens (tertiary/aromatic N) is 1. The van der Waals surface area contributed by atoms with Crippen molar-refractivity contribution in [1.29, 1.82) is 0 Å². The summed E-state index contributed by atoms with van der Waals surface area (Å²) in [4.78, 5) is 4.30. The number of rotatable bonds is 1. The molecule has 1 aliphatic carbocycles. The van der Waals surface area contributed by atoms with Gasteiger partial charge in [-0.1, -0.05) is 18.4 Å². The fraction of sp³-hybridized carbons (Fsp3) is 0.182. The molecular formula is C11H9N. The van der Waals surface area contributed by atoms with E-state index in [-0.39, 0.29) is 0 Å². The number of hydrogen-bond donors (Lipinski definition) is 0. The monoisotopic (exact) mass is 155 g/mol. The van der Waals surface area contributed by atoms with E-state index in [0.29, 0.717) is 0 Å². The molecule has 0 bridgehead atoms. The molecule has 0 saturated heterocycles. The van der Waals surface area contributed by atoms with E-state index >= 15 is 0 Å². The molecule has 2 rings (SSSR count). The van der Waals surface area contributed by atoms with Gasteiger partial charge in [0.25, 0.3) is 0 Å². The summed E-state index contributed by atoms with van der Waals surface area (Å²) < 4.78 is 0. The average molecular weight is 155 g/mol. The summed E-state index contributed by atoms with van der Waals surface area (Å²) in [6.07, 6.45) is 6.72. The highest BCUT2D eigenvalue weighted by Gasteiger charge is 2.00. The van der Waals surface area contributed by atoms with Crippen LogP contribution in [0.25, 0.3) is 12.2 Å². The Hall–Kier alpha value is -1.55. The largest absolute Gasteiger partial charge is 0.255 e. The summed E-state index contributed by atoms with van der Waals surface area (Å²) in [5, 5.41) is 0. The fourth-order valence-corrected chi connectivity index (χ4v) is 1.20. The molecule has 1 aliphatic rings.